The average Bonchev–Trinajstić information content (AvgIpc) is 3.05. The summed E-state index contributed by atoms with van der Waals surface area (Å²) in [5.41, 5.74) is -0.0548. The van der Waals surface area contributed by atoms with Gasteiger partial charge in [-0.2, -0.15) is 5.10 Å². The molecule has 0 aliphatic carbocycles. The van der Waals surface area contributed by atoms with E-state index in [0.29, 0.717) is 13.0 Å². The number of aryl methyl sites for hydroxylation is 1. The first-order valence-electron chi connectivity index (χ1n) is 6.21. The predicted octanol–water partition coefficient (Wildman–Crippen LogP) is 0.00170. The predicted molar refractivity (Wildman–Crippen MR) is 67.5 cm³/mol. The summed E-state index contributed by atoms with van der Waals surface area (Å²) >= 11 is 0. The molecule has 1 atom stereocenters. The fraction of sp³-hybridized carbons (Fsp3) is 0.636. The van der Waals surface area contributed by atoms with Gasteiger partial charge in [0.15, 0.2) is 0 Å². The highest BCUT2D eigenvalue weighted by Crippen LogP contribution is 2.10. The molecule has 2 heterocycles. The van der Waals surface area contributed by atoms with Crippen molar-refractivity contribution in [3.63, 3.8) is 0 Å². The molecule has 8 nitrogen and oxygen atoms in total. The smallest absolute Gasteiger partial charge is 0.306 e. The molecule has 1 fully saturated rings. The molecule has 1 aliphatic rings. The van der Waals surface area contributed by atoms with E-state index in [-0.39, 0.29) is 17.6 Å². The zero-order valence-corrected chi connectivity index (χ0v) is 10.8. The molecule has 0 bridgehead atoms. The van der Waals surface area contributed by atoms with E-state index >= 15 is 0 Å². The Labute approximate surface area is 110 Å². The minimum Gasteiger partial charge on any atom is -0.341 e. The SMILES string of the molecule is CN(C(=O)CCn1cc([N+](=O)[O-])cn1)C1CCNC1. The minimum atomic E-state index is -0.498. The van der Waals surface area contributed by atoms with Gasteiger partial charge >= 0.3 is 5.69 Å². The van der Waals surface area contributed by atoms with Crippen LogP contribution in [0, 0.1) is 10.1 Å². The summed E-state index contributed by atoms with van der Waals surface area (Å²) in [5, 5.41) is 17.6. The maximum absolute atomic E-state index is 12.0. The Balaban J connectivity index is 1.83. The summed E-state index contributed by atoms with van der Waals surface area (Å²) in [6.07, 6.45) is 3.79. The van der Waals surface area contributed by atoms with E-state index in [1.165, 1.54) is 17.1 Å². The lowest BCUT2D eigenvalue weighted by Crippen LogP contribution is -2.38. The Morgan fingerprint density at radius 3 is 3.11 bits per heavy atom. The molecule has 0 radical (unpaired) electrons. The van der Waals surface area contributed by atoms with Gasteiger partial charge in [0.1, 0.15) is 12.4 Å². The summed E-state index contributed by atoms with van der Waals surface area (Å²) < 4.78 is 1.43. The lowest BCUT2D eigenvalue weighted by molar-refractivity contribution is -0.385. The van der Waals surface area contributed by atoms with Crippen molar-refractivity contribution in [1.29, 1.82) is 0 Å². The second kappa shape index (κ2) is 5.79. The molecule has 1 aromatic rings. The number of amides is 1. The molecule has 1 unspecified atom stereocenters. The summed E-state index contributed by atoms with van der Waals surface area (Å²) in [6.45, 7) is 2.13. The number of likely N-dealkylation sites (N-methyl/N-ethyl adjacent to an activating group) is 1. The molecule has 19 heavy (non-hydrogen) atoms. The molecular formula is C11H17N5O3. The molecule has 2 rings (SSSR count). The zero-order valence-electron chi connectivity index (χ0n) is 10.8. The first-order valence-corrected chi connectivity index (χ1v) is 6.21. The third-order valence-electron chi connectivity index (χ3n) is 3.36. The molecule has 1 amide bonds. The molecule has 1 aliphatic heterocycles. The van der Waals surface area contributed by atoms with Crippen LogP contribution in [0.15, 0.2) is 12.4 Å². The van der Waals surface area contributed by atoms with Crippen LogP contribution in [-0.4, -0.2) is 51.7 Å². The number of hydrogen-bond donors (Lipinski definition) is 1. The quantitative estimate of drug-likeness (QED) is 0.598. The second-order valence-corrected chi connectivity index (χ2v) is 4.62. The zero-order chi connectivity index (χ0) is 13.8. The van der Waals surface area contributed by atoms with Crippen molar-refractivity contribution in [3.8, 4) is 0 Å². The molecule has 104 valence electrons. The summed E-state index contributed by atoms with van der Waals surface area (Å²) in [5.74, 6) is 0.0341. The Kier molecular flexibility index (Phi) is 4.10. The third-order valence-corrected chi connectivity index (χ3v) is 3.36. The van der Waals surface area contributed by atoms with E-state index in [9.17, 15) is 14.9 Å². The van der Waals surface area contributed by atoms with Crippen molar-refractivity contribution in [2.24, 2.45) is 0 Å². The Hall–Kier alpha value is -1.96. The fourth-order valence-electron chi connectivity index (χ4n) is 2.13. The topological polar surface area (TPSA) is 93.3 Å². The molecule has 1 saturated heterocycles. The van der Waals surface area contributed by atoms with Gasteiger partial charge in [-0.3, -0.25) is 19.6 Å². The normalized spacial score (nSPS) is 18.5. The lowest BCUT2D eigenvalue weighted by atomic mass is 10.2. The highest BCUT2D eigenvalue weighted by Gasteiger charge is 2.22. The first-order chi connectivity index (χ1) is 9.08. The maximum atomic E-state index is 12.0. The molecule has 0 aromatic carbocycles. The number of aromatic nitrogens is 2. The van der Waals surface area contributed by atoms with E-state index in [1.807, 2.05) is 0 Å². The van der Waals surface area contributed by atoms with Gasteiger partial charge in [-0.1, -0.05) is 0 Å². The maximum Gasteiger partial charge on any atom is 0.306 e. The van der Waals surface area contributed by atoms with Crippen LogP contribution in [0.1, 0.15) is 12.8 Å². The molecule has 0 spiro atoms. The van der Waals surface area contributed by atoms with E-state index in [1.54, 1.807) is 11.9 Å². The number of hydrogen-bond acceptors (Lipinski definition) is 5. The standard InChI is InChI=1S/C11H17N5O3/c1-14(9-2-4-12-6-9)11(17)3-5-15-8-10(7-13-15)16(18)19/h7-9,12H,2-6H2,1H3. The number of nitrogens with zero attached hydrogens (tertiary/aromatic N) is 4. The van der Waals surface area contributed by atoms with Crippen LogP contribution in [0.3, 0.4) is 0 Å². The summed E-state index contributed by atoms with van der Waals surface area (Å²) in [6, 6.07) is 0.249. The Morgan fingerprint density at radius 2 is 2.53 bits per heavy atom. The van der Waals surface area contributed by atoms with Crippen molar-refractivity contribution in [1.82, 2.24) is 20.0 Å². The average molecular weight is 267 g/mol. The molecule has 0 saturated carbocycles. The van der Waals surface area contributed by atoms with Crippen LogP contribution in [0.25, 0.3) is 0 Å². The van der Waals surface area contributed by atoms with Gasteiger partial charge in [0, 0.05) is 32.6 Å². The number of rotatable bonds is 5. The second-order valence-electron chi connectivity index (χ2n) is 4.62. The van der Waals surface area contributed by atoms with Crippen molar-refractivity contribution in [2.75, 3.05) is 20.1 Å². The van der Waals surface area contributed by atoms with Gasteiger partial charge < -0.3 is 10.2 Å². The number of carbonyl (C=O) groups is 1. The molecule has 1 aromatic heterocycles. The fourth-order valence-corrected chi connectivity index (χ4v) is 2.13. The van der Waals surface area contributed by atoms with Crippen molar-refractivity contribution in [2.45, 2.75) is 25.4 Å². The van der Waals surface area contributed by atoms with Crippen LogP contribution >= 0.6 is 0 Å². The molecular weight excluding hydrogens is 250 g/mol. The van der Waals surface area contributed by atoms with Gasteiger partial charge in [0.05, 0.1) is 4.92 Å². The molecule has 8 heteroatoms. The third kappa shape index (κ3) is 3.28. The number of carbonyl (C=O) groups excluding carboxylic acids is 1. The van der Waals surface area contributed by atoms with E-state index in [0.717, 1.165) is 19.5 Å². The van der Waals surface area contributed by atoms with Gasteiger partial charge in [0.2, 0.25) is 5.91 Å². The van der Waals surface area contributed by atoms with Crippen LogP contribution in [0.2, 0.25) is 0 Å². The van der Waals surface area contributed by atoms with Crippen molar-refractivity contribution in [3.05, 3.63) is 22.5 Å². The molecule has 1 N–H and O–H groups in total. The number of nitrogens with one attached hydrogen (secondary N) is 1. The highest BCUT2D eigenvalue weighted by atomic mass is 16.6. The first kappa shape index (κ1) is 13.5. The van der Waals surface area contributed by atoms with Crippen molar-refractivity contribution < 1.29 is 9.72 Å². The Bertz CT molecular complexity index is 467. The highest BCUT2D eigenvalue weighted by molar-refractivity contribution is 5.76. The number of nitro groups is 1. The van der Waals surface area contributed by atoms with Gasteiger partial charge in [-0.05, 0) is 13.0 Å². The van der Waals surface area contributed by atoms with Gasteiger partial charge in [0.25, 0.3) is 0 Å². The lowest BCUT2D eigenvalue weighted by Gasteiger charge is -2.23. The monoisotopic (exact) mass is 267 g/mol. The van der Waals surface area contributed by atoms with Crippen LogP contribution in [0.4, 0.5) is 5.69 Å². The van der Waals surface area contributed by atoms with E-state index < -0.39 is 4.92 Å². The Morgan fingerprint density at radius 1 is 1.74 bits per heavy atom. The largest absolute Gasteiger partial charge is 0.341 e. The summed E-state index contributed by atoms with van der Waals surface area (Å²) in [7, 11) is 1.80. The van der Waals surface area contributed by atoms with Crippen molar-refractivity contribution >= 4 is 11.6 Å². The summed E-state index contributed by atoms with van der Waals surface area (Å²) in [4.78, 5) is 23.7. The van der Waals surface area contributed by atoms with Gasteiger partial charge in [-0.25, -0.2) is 0 Å². The van der Waals surface area contributed by atoms with Crippen LogP contribution < -0.4 is 5.32 Å². The van der Waals surface area contributed by atoms with Gasteiger partial charge in [-0.15, -0.1) is 0 Å². The minimum absolute atomic E-state index is 0.0341. The van der Waals surface area contributed by atoms with Crippen LogP contribution in [0.5, 0.6) is 0 Å². The van der Waals surface area contributed by atoms with E-state index in [4.69, 9.17) is 0 Å². The van der Waals surface area contributed by atoms with Crippen LogP contribution in [-0.2, 0) is 11.3 Å². The van der Waals surface area contributed by atoms with E-state index in [2.05, 4.69) is 10.4 Å².